The highest BCUT2D eigenvalue weighted by Gasteiger charge is 2.17. The average Bonchev–Trinajstić information content (AvgIpc) is 1.98. The van der Waals surface area contributed by atoms with Crippen LogP contribution >= 0.6 is 0 Å². The molecule has 0 aliphatic heterocycles. The van der Waals surface area contributed by atoms with Crippen LogP contribution in [0.3, 0.4) is 0 Å². The molecule has 0 fully saturated rings. The third kappa shape index (κ3) is 3.18. The van der Waals surface area contributed by atoms with Gasteiger partial charge in [-0.05, 0) is 19.9 Å². The summed E-state index contributed by atoms with van der Waals surface area (Å²) in [5, 5.41) is 8.39. The largest absolute Gasteiger partial charge is 0.480 e. The molecule has 0 saturated heterocycles. The van der Waals surface area contributed by atoms with E-state index in [1.54, 1.807) is 13.8 Å². The van der Waals surface area contributed by atoms with Crippen molar-refractivity contribution in [2.75, 3.05) is 0 Å². The van der Waals surface area contributed by atoms with E-state index in [1.165, 1.54) is 0 Å². The van der Waals surface area contributed by atoms with Crippen LogP contribution in [0.25, 0.3) is 0 Å². The van der Waals surface area contributed by atoms with Crippen molar-refractivity contribution in [2.45, 2.75) is 19.9 Å². The summed E-state index contributed by atoms with van der Waals surface area (Å²) in [6.45, 7) is 7.56. The van der Waals surface area contributed by atoms with Crippen molar-refractivity contribution in [3.05, 3.63) is 19.2 Å². The lowest BCUT2D eigenvalue weighted by Crippen LogP contribution is -2.35. The predicted molar refractivity (Wildman–Crippen MR) is 44.1 cm³/mol. The van der Waals surface area contributed by atoms with Gasteiger partial charge in [-0.1, -0.05) is 6.58 Å². The maximum atomic E-state index is 11.0. The molecule has 1 N–H and O–H groups in total. The van der Waals surface area contributed by atoms with Crippen molar-refractivity contribution in [1.82, 2.24) is 4.90 Å². The van der Waals surface area contributed by atoms with Gasteiger partial charge in [0.15, 0.2) is 6.54 Å². The number of nitrogens with zero attached hydrogens (tertiary/aromatic N) is 1. The Morgan fingerprint density at radius 3 is 2.25 bits per heavy atom. The molecule has 0 saturated carbocycles. The van der Waals surface area contributed by atoms with E-state index in [4.69, 9.17) is 5.11 Å². The minimum Gasteiger partial charge on any atom is -0.480 e. The van der Waals surface area contributed by atoms with Crippen molar-refractivity contribution in [2.24, 2.45) is 0 Å². The number of hydrogen-bond donors (Lipinski definition) is 1. The predicted octanol–water partition coefficient (Wildman–Crippen LogP) is 0.656. The number of amides is 1. The Bertz CT molecular complexity index is 198. The van der Waals surface area contributed by atoms with Gasteiger partial charge in [-0.2, -0.15) is 0 Å². The van der Waals surface area contributed by atoms with E-state index in [0.29, 0.717) is 0 Å². The summed E-state index contributed by atoms with van der Waals surface area (Å²) in [5.41, 5.74) is 0. The number of carboxylic acid groups (broad SMARTS) is 1. The normalized spacial score (nSPS) is 9.58. The van der Waals surface area contributed by atoms with Crippen LogP contribution in [-0.4, -0.2) is 27.9 Å². The lowest BCUT2D eigenvalue weighted by Gasteiger charge is -2.22. The van der Waals surface area contributed by atoms with Crippen molar-refractivity contribution < 1.29 is 14.7 Å². The molecule has 0 aromatic rings. The highest BCUT2D eigenvalue weighted by Crippen LogP contribution is 2.02. The van der Waals surface area contributed by atoms with E-state index in [2.05, 4.69) is 6.58 Å². The Labute approximate surface area is 71.5 Å². The zero-order valence-corrected chi connectivity index (χ0v) is 7.15. The molecule has 0 bridgehead atoms. The maximum Gasteiger partial charge on any atom is 0.329 e. The highest BCUT2D eigenvalue weighted by molar-refractivity contribution is 5.92. The Morgan fingerprint density at radius 1 is 1.50 bits per heavy atom. The van der Waals surface area contributed by atoms with E-state index in [0.717, 1.165) is 17.5 Å². The van der Waals surface area contributed by atoms with Gasteiger partial charge in [0.2, 0.25) is 5.91 Å². The lowest BCUT2D eigenvalue weighted by atomic mass is 10.3. The Hall–Kier alpha value is -1.32. The van der Waals surface area contributed by atoms with Gasteiger partial charge in [0.05, 0.1) is 0 Å². The van der Waals surface area contributed by atoms with Crippen LogP contribution in [0, 0.1) is 6.54 Å². The fourth-order valence-electron chi connectivity index (χ4n) is 0.692. The Morgan fingerprint density at radius 2 is 2.00 bits per heavy atom. The minimum absolute atomic E-state index is 0.174. The summed E-state index contributed by atoms with van der Waals surface area (Å²) in [7, 11) is 0. The first kappa shape index (κ1) is 10.7. The van der Waals surface area contributed by atoms with Gasteiger partial charge in [-0.3, -0.25) is 4.79 Å². The fourth-order valence-corrected chi connectivity index (χ4v) is 0.692. The molecule has 0 atom stereocenters. The molecule has 67 valence electrons. The van der Waals surface area contributed by atoms with Gasteiger partial charge < -0.3 is 10.0 Å². The molecule has 0 aromatic carbocycles. The van der Waals surface area contributed by atoms with Crippen LogP contribution in [0.2, 0.25) is 0 Å². The zero-order chi connectivity index (χ0) is 9.72. The van der Waals surface area contributed by atoms with Crippen molar-refractivity contribution >= 4 is 11.9 Å². The molecule has 0 spiro atoms. The third-order valence-electron chi connectivity index (χ3n) is 1.23. The molecule has 1 amide bonds. The van der Waals surface area contributed by atoms with Crippen molar-refractivity contribution in [3.8, 4) is 0 Å². The van der Waals surface area contributed by atoms with Gasteiger partial charge in [0.25, 0.3) is 0 Å². The van der Waals surface area contributed by atoms with Gasteiger partial charge in [-0.15, -0.1) is 0 Å². The average molecular weight is 170 g/mol. The monoisotopic (exact) mass is 170 g/mol. The number of carbonyl (C=O) groups excluding carboxylic acids is 1. The Kier molecular flexibility index (Phi) is 4.04. The second-order valence-corrected chi connectivity index (χ2v) is 2.51. The first-order valence-corrected chi connectivity index (χ1v) is 3.51. The molecule has 0 aromatic heterocycles. The summed E-state index contributed by atoms with van der Waals surface area (Å²) in [4.78, 5) is 22.4. The quantitative estimate of drug-likeness (QED) is 0.630. The van der Waals surface area contributed by atoms with Gasteiger partial charge >= 0.3 is 5.97 Å². The van der Waals surface area contributed by atoms with Crippen LogP contribution in [0.5, 0.6) is 0 Å². The number of aliphatic carboxylic acids is 1. The molecule has 0 aliphatic rings. The van der Waals surface area contributed by atoms with E-state index >= 15 is 0 Å². The highest BCUT2D eigenvalue weighted by atomic mass is 16.4. The van der Waals surface area contributed by atoms with Crippen molar-refractivity contribution in [3.63, 3.8) is 0 Å². The number of rotatable bonds is 4. The smallest absolute Gasteiger partial charge is 0.329 e. The first-order chi connectivity index (χ1) is 5.49. The number of carboxylic acids is 1. The molecule has 0 aliphatic carbocycles. The van der Waals surface area contributed by atoms with Crippen LogP contribution < -0.4 is 0 Å². The van der Waals surface area contributed by atoms with Crippen LogP contribution in [-0.2, 0) is 9.59 Å². The fraction of sp³-hybridized carbons (Fsp3) is 0.375. The molecule has 1 radical (unpaired) electrons. The van der Waals surface area contributed by atoms with Gasteiger partial charge in [0.1, 0.15) is 0 Å². The molecule has 0 rings (SSSR count). The third-order valence-corrected chi connectivity index (χ3v) is 1.23. The minimum atomic E-state index is -1.14. The van der Waals surface area contributed by atoms with Crippen molar-refractivity contribution in [1.29, 1.82) is 0 Å². The molecule has 0 unspecified atom stereocenters. The second-order valence-electron chi connectivity index (χ2n) is 2.51. The first-order valence-electron chi connectivity index (χ1n) is 3.51. The standard InChI is InChI=1S/C8H12NO3/c1-4-7(10)9(6(2)3)5-8(11)12/h4-6H,1H2,2-3H3,(H,11,12). The molecule has 0 heterocycles. The molecule has 12 heavy (non-hydrogen) atoms. The summed E-state index contributed by atoms with van der Waals surface area (Å²) in [5.74, 6) is -1.55. The Balaban J connectivity index is 4.32. The van der Waals surface area contributed by atoms with E-state index in [1.807, 2.05) is 0 Å². The zero-order valence-electron chi connectivity index (χ0n) is 7.15. The number of carbonyl (C=O) groups is 2. The van der Waals surface area contributed by atoms with Crippen LogP contribution in [0.4, 0.5) is 0 Å². The number of hydrogen-bond acceptors (Lipinski definition) is 2. The second kappa shape index (κ2) is 4.54. The summed E-state index contributed by atoms with van der Waals surface area (Å²) < 4.78 is 0. The van der Waals surface area contributed by atoms with Gasteiger partial charge in [0, 0.05) is 6.04 Å². The van der Waals surface area contributed by atoms with E-state index < -0.39 is 11.9 Å². The van der Waals surface area contributed by atoms with Crippen LogP contribution in [0.1, 0.15) is 13.8 Å². The maximum absolute atomic E-state index is 11.0. The molecular weight excluding hydrogens is 158 g/mol. The lowest BCUT2D eigenvalue weighted by molar-refractivity contribution is -0.139. The van der Waals surface area contributed by atoms with Crippen LogP contribution in [0.15, 0.2) is 12.7 Å². The molecular formula is C8H12NO3. The van der Waals surface area contributed by atoms with E-state index in [-0.39, 0.29) is 6.04 Å². The summed E-state index contributed by atoms with van der Waals surface area (Å²) in [6, 6.07) is -0.174. The summed E-state index contributed by atoms with van der Waals surface area (Å²) in [6.07, 6.45) is 1.08. The van der Waals surface area contributed by atoms with Gasteiger partial charge in [-0.25, -0.2) is 4.79 Å². The molecule has 4 nitrogen and oxygen atoms in total. The SMILES string of the molecule is C=CC(=O)N([CH]C(=O)O)C(C)C. The molecule has 4 heteroatoms. The summed E-state index contributed by atoms with van der Waals surface area (Å²) >= 11 is 0. The van der Waals surface area contributed by atoms with E-state index in [9.17, 15) is 9.59 Å². The topological polar surface area (TPSA) is 57.6 Å².